The maximum atomic E-state index is 12.2. The number of nitro benzene ring substituents is 1. The number of nitrogens with zero attached hydrogens (tertiary/aromatic N) is 1. The summed E-state index contributed by atoms with van der Waals surface area (Å²) < 4.78 is 5.30. The Morgan fingerprint density at radius 1 is 1.10 bits per heavy atom. The minimum absolute atomic E-state index is 0.0593. The van der Waals surface area contributed by atoms with Crippen molar-refractivity contribution in [3.63, 3.8) is 0 Å². The fourth-order valence-corrected chi connectivity index (χ4v) is 2.62. The van der Waals surface area contributed by atoms with Gasteiger partial charge in [-0.2, -0.15) is 0 Å². The lowest BCUT2D eigenvalue weighted by atomic mass is 10.1. The molecule has 102 valence electrons. The van der Waals surface area contributed by atoms with Crippen LogP contribution in [0.2, 0.25) is 0 Å². The third-order valence-corrected chi connectivity index (χ3v) is 3.56. The van der Waals surface area contributed by atoms with Gasteiger partial charge in [-0.3, -0.25) is 10.1 Å². The molecule has 0 saturated carbocycles. The number of non-ortho nitro benzene ring substituents is 1. The highest BCUT2D eigenvalue weighted by Gasteiger charge is 2.16. The Morgan fingerprint density at radius 2 is 1.90 bits per heavy atom. The van der Waals surface area contributed by atoms with E-state index in [1.165, 1.54) is 12.1 Å². The van der Waals surface area contributed by atoms with E-state index in [0.29, 0.717) is 27.4 Å². The Kier molecular flexibility index (Phi) is 2.18. The highest BCUT2D eigenvalue weighted by atomic mass is 16.6. The second kappa shape index (κ2) is 3.92. The maximum absolute atomic E-state index is 12.2. The van der Waals surface area contributed by atoms with Crippen molar-refractivity contribution in [1.29, 1.82) is 0 Å². The average Bonchev–Trinajstić information content (AvgIpc) is 2.86. The molecule has 6 heteroatoms. The van der Waals surface area contributed by atoms with Gasteiger partial charge in [0.05, 0.1) is 15.8 Å². The molecule has 4 aromatic rings. The van der Waals surface area contributed by atoms with E-state index in [-0.39, 0.29) is 5.69 Å². The molecule has 0 aliphatic heterocycles. The summed E-state index contributed by atoms with van der Waals surface area (Å²) in [6, 6.07) is 11.6. The summed E-state index contributed by atoms with van der Waals surface area (Å²) in [5, 5.41) is 12.5. The van der Waals surface area contributed by atoms with Gasteiger partial charge < -0.3 is 9.40 Å². The highest BCUT2D eigenvalue weighted by Crippen LogP contribution is 2.30. The topological polar surface area (TPSA) is 89.1 Å². The molecule has 0 aliphatic carbocycles. The number of aromatic amines is 1. The van der Waals surface area contributed by atoms with Gasteiger partial charge in [0.1, 0.15) is 5.58 Å². The molecule has 2 aromatic carbocycles. The van der Waals surface area contributed by atoms with Gasteiger partial charge in [-0.05, 0) is 18.2 Å². The summed E-state index contributed by atoms with van der Waals surface area (Å²) in [5.74, 6) is 0. The Morgan fingerprint density at radius 3 is 2.71 bits per heavy atom. The Hall–Kier alpha value is -3.15. The van der Waals surface area contributed by atoms with E-state index in [1.807, 2.05) is 12.1 Å². The summed E-state index contributed by atoms with van der Waals surface area (Å²) in [6.07, 6.45) is 0. The second-order valence-corrected chi connectivity index (χ2v) is 4.75. The molecule has 21 heavy (non-hydrogen) atoms. The van der Waals surface area contributed by atoms with Crippen LogP contribution in [0.15, 0.2) is 51.7 Å². The van der Waals surface area contributed by atoms with Crippen LogP contribution in [0, 0.1) is 10.1 Å². The highest BCUT2D eigenvalue weighted by molar-refractivity contribution is 6.15. The summed E-state index contributed by atoms with van der Waals surface area (Å²) in [4.78, 5) is 25.7. The molecule has 0 fully saturated rings. The molecule has 0 amide bonds. The summed E-state index contributed by atoms with van der Waals surface area (Å²) in [5.41, 5.74) is 1.22. The fourth-order valence-electron chi connectivity index (χ4n) is 2.62. The van der Waals surface area contributed by atoms with Crippen molar-refractivity contribution in [2.45, 2.75) is 0 Å². The smallest absolute Gasteiger partial charge is 0.346 e. The molecule has 0 unspecified atom stereocenters. The van der Waals surface area contributed by atoms with Gasteiger partial charge >= 0.3 is 5.63 Å². The zero-order valence-corrected chi connectivity index (χ0v) is 10.6. The van der Waals surface area contributed by atoms with Crippen LogP contribution in [0.5, 0.6) is 0 Å². The van der Waals surface area contributed by atoms with Crippen molar-refractivity contribution in [2.75, 3.05) is 0 Å². The van der Waals surface area contributed by atoms with E-state index >= 15 is 0 Å². The molecule has 2 heterocycles. The number of nitro groups is 1. The number of para-hydroxylation sites is 1. The van der Waals surface area contributed by atoms with E-state index in [2.05, 4.69) is 4.98 Å². The molecular weight excluding hydrogens is 272 g/mol. The first-order valence-corrected chi connectivity index (χ1v) is 6.27. The maximum Gasteiger partial charge on any atom is 0.346 e. The van der Waals surface area contributed by atoms with Crippen molar-refractivity contribution in [2.24, 2.45) is 0 Å². The molecule has 0 radical (unpaired) electrons. The predicted molar refractivity (Wildman–Crippen MR) is 78.5 cm³/mol. The molecule has 6 nitrogen and oxygen atoms in total. The van der Waals surface area contributed by atoms with Crippen LogP contribution >= 0.6 is 0 Å². The van der Waals surface area contributed by atoms with E-state index in [4.69, 9.17) is 4.42 Å². The predicted octanol–water partition coefficient (Wildman–Crippen LogP) is 3.34. The molecule has 2 aromatic heterocycles. The third kappa shape index (κ3) is 1.56. The fraction of sp³-hybridized carbons (Fsp3) is 0. The summed E-state index contributed by atoms with van der Waals surface area (Å²) in [6.45, 7) is 0. The van der Waals surface area contributed by atoms with Crippen molar-refractivity contribution >= 4 is 38.5 Å². The number of benzene rings is 2. The van der Waals surface area contributed by atoms with Crippen LogP contribution in [-0.4, -0.2) is 9.91 Å². The Bertz CT molecular complexity index is 1090. The number of rotatable bonds is 1. The first-order chi connectivity index (χ1) is 10.1. The van der Waals surface area contributed by atoms with Gasteiger partial charge in [0.2, 0.25) is 0 Å². The lowest BCUT2D eigenvalue weighted by molar-refractivity contribution is -0.384. The van der Waals surface area contributed by atoms with E-state index in [9.17, 15) is 14.9 Å². The molecular formula is C15H8N2O4. The number of hydrogen-bond acceptors (Lipinski definition) is 4. The van der Waals surface area contributed by atoms with Crippen LogP contribution in [-0.2, 0) is 0 Å². The number of hydrogen-bond donors (Lipinski definition) is 1. The number of fused-ring (bicyclic) bond motifs is 5. The van der Waals surface area contributed by atoms with Crippen LogP contribution in [0.1, 0.15) is 0 Å². The lowest BCUT2D eigenvalue weighted by Crippen LogP contribution is -1.98. The summed E-state index contributed by atoms with van der Waals surface area (Å²) in [7, 11) is 0. The van der Waals surface area contributed by atoms with E-state index < -0.39 is 10.5 Å². The molecule has 0 aliphatic rings. The lowest BCUT2D eigenvalue weighted by Gasteiger charge is -1.97. The van der Waals surface area contributed by atoms with Crippen LogP contribution in [0.3, 0.4) is 0 Å². The van der Waals surface area contributed by atoms with Crippen LogP contribution in [0.4, 0.5) is 5.69 Å². The Labute approximate surface area is 116 Å². The van der Waals surface area contributed by atoms with Crippen LogP contribution in [0.25, 0.3) is 32.8 Å². The molecule has 1 N–H and O–H groups in total. The standard InChI is InChI=1S/C15H8N2O4/c18-15-13-10-7-8(17(19)20)5-6-11(10)16-14(13)9-3-1-2-4-12(9)21-15/h1-7,16H. The zero-order chi connectivity index (χ0) is 14.6. The monoisotopic (exact) mass is 280 g/mol. The minimum Gasteiger partial charge on any atom is -0.422 e. The quantitative estimate of drug-likeness (QED) is 0.329. The normalized spacial score (nSPS) is 11.4. The van der Waals surface area contributed by atoms with Gasteiger partial charge in [-0.15, -0.1) is 0 Å². The average molecular weight is 280 g/mol. The van der Waals surface area contributed by atoms with Crippen molar-refractivity contribution in [3.8, 4) is 0 Å². The minimum atomic E-state index is -0.504. The molecule has 4 rings (SSSR count). The van der Waals surface area contributed by atoms with Gasteiger partial charge in [0.15, 0.2) is 0 Å². The van der Waals surface area contributed by atoms with Crippen molar-refractivity contribution in [3.05, 3.63) is 63.0 Å². The number of H-pyrrole nitrogens is 1. The van der Waals surface area contributed by atoms with Gasteiger partial charge in [0, 0.05) is 28.4 Å². The van der Waals surface area contributed by atoms with Gasteiger partial charge in [-0.1, -0.05) is 12.1 Å². The third-order valence-electron chi connectivity index (χ3n) is 3.56. The number of aromatic nitrogens is 1. The molecule has 0 bridgehead atoms. The summed E-state index contributed by atoms with van der Waals surface area (Å²) >= 11 is 0. The largest absolute Gasteiger partial charge is 0.422 e. The SMILES string of the molecule is O=c1oc2ccccc2c2[nH]c3ccc([N+](=O)[O-])cc3c12. The molecule has 0 spiro atoms. The zero-order valence-electron chi connectivity index (χ0n) is 10.6. The first-order valence-electron chi connectivity index (χ1n) is 6.27. The van der Waals surface area contributed by atoms with Gasteiger partial charge in [-0.25, -0.2) is 4.79 Å². The van der Waals surface area contributed by atoms with E-state index in [1.54, 1.807) is 18.2 Å². The Balaban J connectivity index is 2.27. The van der Waals surface area contributed by atoms with Crippen LogP contribution < -0.4 is 5.63 Å². The molecule has 0 saturated heterocycles. The van der Waals surface area contributed by atoms with Gasteiger partial charge in [0.25, 0.3) is 5.69 Å². The van der Waals surface area contributed by atoms with Crippen molar-refractivity contribution in [1.82, 2.24) is 4.98 Å². The van der Waals surface area contributed by atoms with E-state index in [0.717, 1.165) is 5.39 Å². The second-order valence-electron chi connectivity index (χ2n) is 4.75. The first kappa shape index (κ1) is 11.7. The number of nitrogens with one attached hydrogen (secondary N) is 1. The van der Waals surface area contributed by atoms with Crippen molar-refractivity contribution < 1.29 is 9.34 Å². The molecule has 0 atom stereocenters.